The lowest BCUT2D eigenvalue weighted by atomic mass is 10.0. The van der Waals surface area contributed by atoms with Crippen molar-refractivity contribution in [2.75, 3.05) is 29.5 Å². The highest BCUT2D eigenvalue weighted by Gasteiger charge is 2.06. The number of nitrogen functional groups attached to an aromatic ring is 1. The molecule has 0 fully saturated rings. The fourth-order valence-corrected chi connectivity index (χ4v) is 2.65. The standard InChI is InChI=1S/C19H22N7/c1-12-6-13(2)8-15(7-12)16-9-17(26-19(20)25-16)21-4-5-22-18-11-23-14(3)10-24-18/h6-11H,3-5H2,1-2H3,(H,22,24)(H3,20,21,25,26). The minimum Gasteiger partial charge on any atom is -0.368 e. The molecule has 1 aromatic carbocycles. The molecule has 0 saturated heterocycles. The highest BCUT2D eigenvalue weighted by Crippen LogP contribution is 2.23. The summed E-state index contributed by atoms with van der Waals surface area (Å²) in [4.78, 5) is 16.9. The van der Waals surface area contributed by atoms with Gasteiger partial charge in [0.2, 0.25) is 5.95 Å². The molecule has 0 aliphatic rings. The fourth-order valence-electron chi connectivity index (χ4n) is 2.65. The number of hydrogen-bond acceptors (Lipinski definition) is 7. The molecular formula is C19H22N7. The molecule has 26 heavy (non-hydrogen) atoms. The zero-order valence-corrected chi connectivity index (χ0v) is 15.0. The summed E-state index contributed by atoms with van der Waals surface area (Å²) >= 11 is 0. The van der Waals surface area contributed by atoms with E-state index in [1.165, 1.54) is 11.1 Å². The summed E-state index contributed by atoms with van der Waals surface area (Å²) in [5.41, 5.74) is 10.7. The van der Waals surface area contributed by atoms with E-state index >= 15 is 0 Å². The van der Waals surface area contributed by atoms with E-state index in [4.69, 9.17) is 5.73 Å². The summed E-state index contributed by atoms with van der Waals surface area (Å²) in [6.45, 7) is 9.15. The molecule has 0 aliphatic heterocycles. The minimum atomic E-state index is 0.244. The van der Waals surface area contributed by atoms with Crippen molar-refractivity contribution in [3.63, 3.8) is 0 Å². The van der Waals surface area contributed by atoms with Gasteiger partial charge < -0.3 is 16.4 Å². The lowest BCUT2D eigenvalue weighted by Gasteiger charge is -2.10. The summed E-state index contributed by atoms with van der Waals surface area (Å²) in [6, 6.07) is 8.21. The van der Waals surface area contributed by atoms with Crippen LogP contribution in [-0.4, -0.2) is 33.0 Å². The molecule has 0 atom stereocenters. The van der Waals surface area contributed by atoms with Gasteiger partial charge in [-0.3, -0.25) is 4.98 Å². The lowest BCUT2D eigenvalue weighted by molar-refractivity contribution is 1.03. The summed E-state index contributed by atoms with van der Waals surface area (Å²) in [5, 5.41) is 6.43. The predicted molar refractivity (Wildman–Crippen MR) is 105 cm³/mol. The number of nitrogens with zero attached hydrogens (tertiary/aromatic N) is 4. The predicted octanol–water partition coefficient (Wildman–Crippen LogP) is 2.84. The van der Waals surface area contributed by atoms with Crippen LogP contribution in [0.25, 0.3) is 11.3 Å². The molecule has 3 aromatic rings. The van der Waals surface area contributed by atoms with Crippen molar-refractivity contribution in [1.29, 1.82) is 0 Å². The Morgan fingerprint density at radius 1 is 0.885 bits per heavy atom. The van der Waals surface area contributed by atoms with Gasteiger partial charge in [-0.25, -0.2) is 9.97 Å². The van der Waals surface area contributed by atoms with Gasteiger partial charge in [-0.2, -0.15) is 4.98 Å². The second-order valence-corrected chi connectivity index (χ2v) is 6.12. The van der Waals surface area contributed by atoms with Crippen molar-refractivity contribution in [2.24, 2.45) is 0 Å². The Morgan fingerprint density at radius 3 is 2.23 bits per heavy atom. The van der Waals surface area contributed by atoms with Gasteiger partial charge >= 0.3 is 0 Å². The van der Waals surface area contributed by atoms with Gasteiger partial charge in [-0.15, -0.1) is 0 Å². The largest absolute Gasteiger partial charge is 0.368 e. The molecule has 2 aromatic heterocycles. The van der Waals surface area contributed by atoms with Gasteiger partial charge in [0.1, 0.15) is 11.6 Å². The van der Waals surface area contributed by atoms with E-state index in [9.17, 15) is 0 Å². The van der Waals surface area contributed by atoms with Crippen molar-refractivity contribution in [1.82, 2.24) is 19.9 Å². The van der Waals surface area contributed by atoms with E-state index in [-0.39, 0.29) is 5.95 Å². The number of benzene rings is 1. The quantitative estimate of drug-likeness (QED) is 0.589. The SMILES string of the molecule is [CH2]c1cnc(NCCNc2cc(-c3cc(C)cc(C)c3)nc(N)n2)cn1. The van der Waals surface area contributed by atoms with E-state index in [1.807, 2.05) is 6.07 Å². The molecule has 0 aliphatic carbocycles. The zero-order valence-electron chi connectivity index (χ0n) is 15.0. The third-order valence-corrected chi connectivity index (χ3v) is 3.70. The normalized spacial score (nSPS) is 10.6. The first kappa shape index (κ1) is 17.6. The average molecular weight is 348 g/mol. The minimum absolute atomic E-state index is 0.244. The van der Waals surface area contributed by atoms with Crippen molar-refractivity contribution >= 4 is 17.6 Å². The first-order chi connectivity index (χ1) is 12.5. The molecule has 0 spiro atoms. The molecule has 3 rings (SSSR count). The Kier molecular flexibility index (Phi) is 5.26. The van der Waals surface area contributed by atoms with Gasteiger partial charge in [0.15, 0.2) is 0 Å². The number of aromatic nitrogens is 4. The van der Waals surface area contributed by atoms with Crippen LogP contribution in [0.1, 0.15) is 16.8 Å². The number of aryl methyl sites for hydroxylation is 2. The smallest absolute Gasteiger partial charge is 0.222 e. The van der Waals surface area contributed by atoms with Crippen LogP contribution in [0.2, 0.25) is 0 Å². The second kappa shape index (κ2) is 7.77. The summed E-state index contributed by atoms with van der Waals surface area (Å²) in [7, 11) is 0. The van der Waals surface area contributed by atoms with Gasteiger partial charge in [0.05, 0.1) is 23.8 Å². The number of anilines is 3. The van der Waals surface area contributed by atoms with Crippen molar-refractivity contribution < 1.29 is 0 Å². The molecule has 4 N–H and O–H groups in total. The number of nitrogens with one attached hydrogen (secondary N) is 2. The van der Waals surface area contributed by atoms with E-state index in [0.717, 1.165) is 11.3 Å². The molecule has 7 nitrogen and oxygen atoms in total. The molecule has 0 bridgehead atoms. The molecule has 2 heterocycles. The van der Waals surface area contributed by atoms with E-state index in [1.54, 1.807) is 12.4 Å². The highest BCUT2D eigenvalue weighted by atomic mass is 15.1. The summed E-state index contributed by atoms with van der Waals surface area (Å²) in [6.07, 6.45) is 3.28. The Labute approximate surface area is 153 Å². The van der Waals surface area contributed by atoms with Crippen molar-refractivity contribution in [3.05, 3.63) is 60.4 Å². The number of rotatable bonds is 6. The van der Waals surface area contributed by atoms with Crippen LogP contribution in [0.3, 0.4) is 0 Å². The van der Waals surface area contributed by atoms with Crippen LogP contribution in [0.4, 0.5) is 17.6 Å². The van der Waals surface area contributed by atoms with E-state index in [2.05, 4.69) is 69.5 Å². The third-order valence-electron chi connectivity index (χ3n) is 3.70. The Morgan fingerprint density at radius 2 is 1.58 bits per heavy atom. The summed E-state index contributed by atoms with van der Waals surface area (Å²) in [5.74, 6) is 1.64. The van der Waals surface area contributed by atoms with Gasteiger partial charge in [0.25, 0.3) is 0 Å². The molecule has 0 saturated carbocycles. The van der Waals surface area contributed by atoms with Crippen LogP contribution < -0.4 is 16.4 Å². The molecule has 7 heteroatoms. The molecule has 0 unspecified atom stereocenters. The Hall–Kier alpha value is -3.22. The molecule has 1 radical (unpaired) electrons. The van der Waals surface area contributed by atoms with E-state index in [0.29, 0.717) is 30.4 Å². The maximum Gasteiger partial charge on any atom is 0.222 e. The van der Waals surface area contributed by atoms with Crippen LogP contribution in [0.15, 0.2) is 36.7 Å². The molecular weight excluding hydrogens is 326 g/mol. The maximum absolute atomic E-state index is 5.88. The second-order valence-electron chi connectivity index (χ2n) is 6.12. The van der Waals surface area contributed by atoms with Gasteiger partial charge in [-0.1, -0.05) is 17.2 Å². The highest BCUT2D eigenvalue weighted by molar-refractivity contribution is 5.65. The van der Waals surface area contributed by atoms with Crippen LogP contribution >= 0.6 is 0 Å². The van der Waals surface area contributed by atoms with Crippen molar-refractivity contribution in [3.8, 4) is 11.3 Å². The van der Waals surface area contributed by atoms with Crippen LogP contribution in [0, 0.1) is 20.8 Å². The maximum atomic E-state index is 5.88. The molecule has 0 amide bonds. The monoisotopic (exact) mass is 348 g/mol. The fraction of sp³-hybridized carbons (Fsp3) is 0.211. The number of nitrogens with two attached hydrogens (primary N) is 1. The van der Waals surface area contributed by atoms with Crippen LogP contribution in [-0.2, 0) is 0 Å². The third kappa shape index (κ3) is 4.66. The van der Waals surface area contributed by atoms with Crippen molar-refractivity contribution in [2.45, 2.75) is 13.8 Å². The average Bonchev–Trinajstić information content (AvgIpc) is 2.59. The topological polar surface area (TPSA) is 102 Å². The van der Waals surface area contributed by atoms with Gasteiger partial charge in [-0.05, 0) is 32.9 Å². The van der Waals surface area contributed by atoms with E-state index < -0.39 is 0 Å². The summed E-state index contributed by atoms with van der Waals surface area (Å²) < 4.78 is 0. The number of hydrogen-bond donors (Lipinski definition) is 3. The van der Waals surface area contributed by atoms with Crippen LogP contribution in [0.5, 0.6) is 0 Å². The lowest BCUT2D eigenvalue weighted by Crippen LogP contribution is -2.15. The zero-order chi connectivity index (χ0) is 18.5. The Bertz CT molecular complexity index is 871. The first-order valence-corrected chi connectivity index (χ1v) is 8.34. The Balaban J connectivity index is 1.65. The molecule has 133 valence electrons. The van der Waals surface area contributed by atoms with Gasteiger partial charge in [0, 0.05) is 24.7 Å². The first-order valence-electron chi connectivity index (χ1n) is 8.34.